The normalized spacial score (nSPS) is 13.1. The second-order valence-corrected chi connectivity index (χ2v) is 4.39. The molecule has 0 aliphatic heterocycles. The van der Waals surface area contributed by atoms with Gasteiger partial charge in [-0.05, 0) is 19.3 Å². The lowest BCUT2D eigenvalue weighted by Crippen LogP contribution is -2.06. The fourth-order valence-electron chi connectivity index (χ4n) is 1.77. The summed E-state index contributed by atoms with van der Waals surface area (Å²) in [5.41, 5.74) is 2.58. The standard InChI is InChI=1S/C13H20N4O/c1-4-10(3)11-8-14-13-12(16-11)15-9-17(13)6-7-18-5-2/h8-10H,4-7H2,1-3H3. The molecule has 0 N–H and O–H groups in total. The number of fused-ring (bicyclic) bond motifs is 1. The number of rotatable bonds is 6. The van der Waals surface area contributed by atoms with Gasteiger partial charge in [-0.25, -0.2) is 15.0 Å². The maximum Gasteiger partial charge on any atom is 0.197 e. The number of hydrogen-bond acceptors (Lipinski definition) is 4. The van der Waals surface area contributed by atoms with Crippen LogP contribution in [-0.2, 0) is 11.3 Å². The van der Waals surface area contributed by atoms with Crippen molar-refractivity contribution in [2.75, 3.05) is 13.2 Å². The van der Waals surface area contributed by atoms with Gasteiger partial charge in [-0.3, -0.25) is 0 Å². The first-order valence-corrected chi connectivity index (χ1v) is 6.51. The van der Waals surface area contributed by atoms with Crippen LogP contribution >= 0.6 is 0 Å². The van der Waals surface area contributed by atoms with Gasteiger partial charge in [0.15, 0.2) is 11.3 Å². The van der Waals surface area contributed by atoms with Gasteiger partial charge >= 0.3 is 0 Å². The van der Waals surface area contributed by atoms with E-state index in [2.05, 4.69) is 28.8 Å². The third kappa shape index (κ3) is 2.67. The van der Waals surface area contributed by atoms with Crippen molar-refractivity contribution in [3.05, 3.63) is 18.2 Å². The fraction of sp³-hybridized carbons (Fsp3) is 0.615. The Balaban J connectivity index is 2.20. The average Bonchev–Trinajstić information content (AvgIpc) is 2.80. The first-order valence-electron chi connectivity index (χ1n) is 6.51. The molecular formula is C13H20N4O. The minimum atomic E-state index is 0.426. The molecule has 1 atom stereocenters. The summed E-state index contributed by atoms with van der Waals surface area (Å²) in [6.07, 6.45) is 4.70. The Morgan fingerprint density at radius 2 is 2.17 bits per heavy atom. The maximum atomic E-state index is 5.34. The summed E-state index contributed by atoms with van der Waals surface area (Å²) >= 11 is 0. The smallest absolute Gasteiger partial charge is 0.197 e. The minimum absolute atomic E-state index is 0.426. The van der Waals surface area contributed by atoms with Crippen molar-refractivity contribution in [3.63, 3.8) is 0 Å². The highest BCUT2D eigenvalue weighted by molar-refractivity contribution is 5.65. The molecule has 98 valence electrons. The second kappa shape index (κ2) is 5.91. The molecule has 0 aliphatic rings. The van der Waals surface area contributed by atoms with Crippen LogP contribution in [0, 0.1) is 0 Å². The molecule has 0 aliphatic carbocycles. The molecule has 0 saturated carbocycles. The highest BCUT2D eigenvalue weighted by Gasteiger charge is 2.10. The molecule has 0 aromatic carbocycles. The molecule has 0 spiro atoms. The Bertz CT molecular complexity index is 509. The molecule has 2 aromatic heterocycles. The Morgan fingerprint density at radius 3 is 2.89 bits per heavy atom. The summed E-state index contributed by atoms with van der Waals surface area (Å²) in [5.74, 6) is 0.426. The lowest BCUT2D eigenvalue weighted by molar-refractivity contribution is 0.139. The van der Waals surface area contributed by atoms with Crippen molar-refractivity contribution in [1.29, 1.82) is 0 Å². The molecule has 18 heavy (non-hydrogen) atoms. The monoisotopic (exact) mass is 248 g/mol. The van der Waals surface area contributed by atoms with Gasteiger partial charge in [-0.2, -0.15) is 0 Å². The van der Waals surface area contributed by atoms with Crippen LogP contribution < -0.4 is 0 Å². The van der Waals surface area contributed by atoms with Gasteiger partial charge in [0.25, 0.3) is 0 Å². The molecule has 0 radical (unpaired) electrons. The third-order valence-electron chi connectivity index (χ3n) is 3.14. The van der Waals surface area contributed by atoms with Crippen molar-refractivity contribution in [2.24, 2.45) is 0 Å². The van der Waals surface area contributed by atoms with Crippen molar-refractivity contribution in [1.82, 2.24) is 19.5 Å². The van der Waals surface area contributed by atoms with Crippen LogP contribution in [0.5, 0.6) is 0 Å². The van der Waals surface area contributed by atoms with Crippen molar-refractivity contribution < 1.29 is 4.74 Å². The first-order chi connectivity index (χ1) is 8.76. The molecular weight excluding hydrogens is 228 g/mol. The molecule has 5 heteroatoms. The van der Waals surface area contributed by atoms with Gasteiger partial charge in [0, 0.05) is 13.2 Å². The Hall–Kier alpha value is -1.49. The molecule has 0 bridgehead atoms. The molecule has 1 unspecified atom stereocenters. The lowest BCUT2D eigenvalue weighted by atomic mass is 10.1. The van der Waals surface area contributed by atoms with Crippen LogP contribution in [0.25, 0.3) is 11.3 Å². The summed E-state index contributed by atoms with van der Waals surface area (Å²) in [5, 5.41) is 0. The van der Waals surface area contributed by atoms with Crippen molar-refractivity contribution in [3.8, 4) is 0 Å². The summed E-state index contributed by atoms with van der Waals surface area (Å²) in [7, 11) is 0. The van der Waals surface area contributed by atoms with Gasteiger partial charge < -0.3 is 9.30 Å². The van der Waals surface area contributed by atoms with Crippen LogP contribution in [0.1, 0.15) is 38.8 Å². The van der Waals surface area contributed by atoms with E-state index < -0.39 is 0 Å². The lowest BCUT2D eigenvalue weighted by Gasteiger charge is -2.07. The van der Waals surface area contributed by atoms with E-state index >= 15 is 0 Å². The molecule has 0 fully saturated rings. The molecule has 0 saturated heterocycles. The SMILES string of the molecule is CCOCCn1cnc2nc(C(C)CC)cnc21. The van der Waals surface area contributed by atoms with Gasteiger partial charge in [0.05, 0.1) is 24.8 Å². The maximum absolute atomic E-state index is 5.34. The van der Waals surface area contributed by atoms with Crippen LogP contribution in [0.3, 0.4) is 0 Å². The van der Waals surface area contributed by atoms with Crippen LogP contribution in [0.2, 0.25) is 0 Å². The second-order valence-electron chi connectivity index (χ2n) is 4.39. The average molecular weight is 248 g/mol. The van der Waals surface area contributed by atoms with E-state index in [0.717, 1.165) is 36.6 Å². The van der Waals surface area contributed by atoms with Crippen LogP contribution in [0.15, 0.2) is 12.5 Å². The molecule has 0 amide bonds. The number of hydrogen-bond donors (Lipinski definition) is 0. The summed E-state index contributed by atoms with van der Waals surface area (Å²) in [6, 6.07) is 0. The zero-order valence-electron chi connectivity index (χ0n) is 11.3. The molecule has 5 nitrogen and oxygen atoms in total. The highest BCUT2D eigenvalue weighted by Crippen LogP contribution is 2.17. The zero-order valence-corrected chi connectivity index (χ0v) is 11.3. The minimum Gasteiger partial charge on any atom is -0.380 e. The number of ether oxygens (including phenoxy) is 1. The van der Waals surface area contributed by atoms with Crippen molar-refractivity contribution >= 4 is 11.3 Å². The predicted molar refractivity (Wildman–Crippen MR) is 70.5 cm³/mol. The van der Waals surface area contributed by atoms with E-state index in [9.17, 15) is 0 Å². The Kier molecular flexibility index (Phi) is 4.25. The first kappa shape index (κ1) is 13.0. The van der Waals surface area contributed by atoms with E-state index in [0.29, 0.717) is 12.5 Å². The van der Waals surface area contributed by atoms with Crippen LogP contribution in [0.4, 0.5) is 0 Å². The topological polar surface area (TPSA) is 52.8 Å². The van der Waals surface area contributed by atoms with E-state index in [1.54, 1.807) is 6.33 Å². The van der Waals surface area contributed by atoms with E-state index in [1.807, 2.05) is 17.7 Å². The quantitative estimate of drug-likeness (QED) is 0.736. The van der Waals surface area contributed by atoms with Gasteiger partial charge in [-0.1, -0.05) is 13.8 Å². The van der Waals surface area contributed by atoms with E-state index in [4.69, 9.17) is 4.74 Å². The predicted octanol–water partition coefficient (Wildman–Crippen LogP) is 2.38. The van der Waals surface area contributed by atoms with Gasteiger partial charge in [0.1, 0.15) is 0 Å². The summed E-state index contributed by atoms with van der Waals surface area (Å²) in [4.78, 5) is 13.3. The third-order valence-corrected chi connectivity index (χ3v) is 3.14. The fourth-order valence-corrected chi connectivity index (χ4v) is 1.77. The van der Waals surface area contributed by atoms with E-state index in [-0.39, 0.29) is 0 Å². The van der Waals surface area contributed by atoms with Gasteiger partial charge in [0.2, 0.25) is 0 Å². The largest absolute Gasteiger partial charge is 0.380 e. The summed E-state index contributed by atoms with van der Waals surface area (Å²) in [6.45, 7) is 8.47. The Morgan fingerprint density at radius 1 is 1.33 bits per heavy atom. The van der Waals surface area contributed by atoms with E-state index in [1.165, 1.54) is 0 Å². The highest BCUT2D eigenvalue weighted by atomic mass is 16.5. The Labute approximate surface area is 107 Å². The van der Waals surface area contributed by atoms with Crippen molar-refractivity contribution in [2.45, 2.75) is 39.7 Å². The number of aromatic nitrogens is 4. The van der Waals surface area contributed by atoms with Gasteiger partial charge in [-0.15, -0.1) is 0 Å². The zero-order chi connectivity index (χ0) is 13.0. The molecule has 2 aromatic rings. The number of nitrogens with zero attached hydrogens (tertiary/aromatic N) is 4. The molecule has 2 heterocycles. The van der Waals surface area contributed by atoms with Crippen LogP contribution in [-0.4, -0.2) is 32.7 Å². The molecule has 2 rings (SSSR count). The number of imidazole rings is 1. The summed E-state index contributed by atoms with van der Waals surface area (Å²) < 4.78 is 7.32.